The molecule has 0 heterocycles. The summed E-state index contributed by atoms with van der Waals surface area (Å²) < 4.78 is 22.8. The lowest BCUT2D eigenvalue weighted by Crippen LogP contribution is -2.21. The number of carbonyl (C=O) groups is 2. The van der Waals surface area contributed by atoms with Crippen molar-refractivity contribution in [2.45, 2.75) is 0 Å². The van der Waals surface area contributed by atoms with Crippen molar-refractivity contribution in [3.8, 4) is 5.75 Å². The molecule has 0 aliphatic carbocycles. The van der Waals surface area contributed by atoms with Gasteiger partial charge >= 0.3 is 5.97 Å². The number of amides is 1. The number of hydrogen-bond acceptors (Lipinski definition) is 4. The molecule has 0 atom stereocenters. The predicted octanol–water partition coefficient (Wildman–Crippen LogP) is 3.28. The highest BCUT2D eigenvalue weighted by molar-refractivity contribution is 6.33. The molecule has 0 aromatic heterocycles. The van der Waals surface area contributed by atoms with Gasteiger partial charge in [0.05, 0.1) is 17.7 Å². The van der Waals surface area contributed by atoms with Gasteiger partial charge in [-0.25, -0.2) is 9.18 Å². The Morgan fingerprint density at radius 2 is 2.00 bits per heavy atom. The van der Waals surface area contributed by atoms with Gasteiger partial charge in [-0.2, -0.15) is 0 Å². The van der Waals surface area contributed by atoms with E-state index in [9.17, 15) is 14.0 Å². The molecule has 0 radical (unpaired) electrons. The Morgan fingerprint density at radius 1 is 1.22 bits per heavy atom. The Bertz CT molecular complexity index is 736. The summed E-state index contributed by atoms with van der Waals surface area (Å²) in [7, 11) is 1.51. The van der Waals surface area contributed by atoms with E-state index < -0.39 is 24.3 Å². The Balaban J connectivity index is 1.92. The van der Waals surface area contributed by atoms with Crippen molar-refractivity contribution in [3.63, 3.8) is 0 Å². The highest BCUT2D eigenvalue weighted by atomic mass is 35.5. The molecule has 7 heteroatoms. The largest absolute Gasteiger partial charge is 0.497 e. The molecule has 120 valence electrons. The Kier molecular flexibility index (Phi) is 5.54. The molecule has 0 unspecified atom stereocenters. The van der Waals surface area contributed by atoms with Gasteiger partial charge in [-0.05, 0) is 30.3 Å². The summed E-state index contributed by atoms with van der Waals surface area (Å²) in [6.07, 6.45) is 0. The third kappa shape index (κ3) is 4.69. The average Bonchev–Trinajstić information content (AvgIpc) is 2.53. The van der Waals surface area contributed by atoms with E-state index in [4.69, 9.17) is 21.1 Å². The molecule has 1 amide bonds. The topological polar surface area (TPSA) is 64.6 Å². The van der Waals surface area contributed by atoms with Gasteiger partial charge in [0.2, 0.25) is 0 Å². The van der Waals surface area contributed by atoms with Crippen LogP contribution in [0.2, 0.25) is 5.02 Å². The monoisotopic (exact) mass is 337 g/mol. The van der Waals surface area contributed by atoms with E-state index >= 15 is 0 Å². The fourth-order valence-electron chi connectivity index (χ4n) is 1.76. The van der Waals surface area contributed by atoms with Crippen molar-refractivity contribution in [3.05, 3.63) is 58.9 Å². The summed E-state index contributed by atoms with van der Waals surface area (Å²) in [6, 6.07) is 9.99. The second kappa shape index (κ2) is 7.60. The number of hydrogen-bond donors (Lipinski definition) is 1. The van der Waals surface area contributed by atoms with Crippen LogP contribution in [-0.2, 0) is 9.53 Å². The Hall–Kier alpha value is -2.60. The average molecular weight is 338 g/mol. The molecule has 2 rings (SSSR count). The van der Waals surface area contributed by atoms with Crippen molar-refractivity contribution < 1.29 is 23.5 Å². The number of ether oxygens (including phenoxy) is 2. The van der Waals surface area contributed by atoms with Gasteiger partial charge in [-0.15, -0.1) is 0 Å². The van der Waals surface area contributed by atoms with Crippen LogP contribution in [0.25, 0.3) is 0 Å². The van der Waals surface area contributed by atoms with Crippen molar-refractivity contribution in [2.75, 3.05) is 19.0 Å². The fourth-order valence-corrected chi connectivity index (χ4v) is 2.01. The van der Waals surface area contributed by atoms with E-state index in [1.165, 1.54) is 13.2 Å². The SMILES string of the molecule is COc1cccc(NC(=O)COC(=O)c2ccc(F)cc2Cl)c1. The molecular weight excluding hydrogens is 325 g/mol. The lowest BCUT2D eigenvalue weighted by molar-refractivity contribution is -0.119. The fraction of sp³-hybridized carbons (Fsp3) is 0.125. The standard InChI is InChI=1S/C16H13ClFNO4/c1-22-12-4-2-3-11(8-12)19-15(20)9-23-16(21)13-6-5-10(18)7-14(13)17/h2-8H,9H2,1H3,(H,19,20). The summed E-state index contributed by atoms with van der Waals surface area (Å²) in [6.45, 7) is -0.496. The van der Waals surface area contributed by atoms with Crippen LogP contribution in [0.4, 0.5) is 10.1 Å². The minimum absolute atomic E-state index is 0.0118. The van der Waals surface area contributed by atoms with Gasteiger partial charge in [0, 0.05) is 11.8 Å². The van der Waals surface area contributed by atoms with Crippen molar-refractivity contribution in [2.24, 2.45) is 0 Å². The van der Waals surface area contributed by atoms with Crippen LogP contribution in [0.3, 0.4) is 0 Å². The number of halogens is 2. The van der Waals surface area contributed by atoms with Gasteiger partial charge in [0.15, 0.2) is 6.61 Å². The second-order valence-corrected chi connectivity index (χ2v) is 4.89. The van der Waals surface area contributed by atoms with Crippen LogP contribution in [0, 0.1) is 5.82 Å². The smallest absolute Gasteiger partial charge is 0.340 e. The normalized spacial score (nSPS) is 10.0. The van der Waals surface area contributed by atoms with Gasteiger partial charge < -0.3 is 14.8 Å². The van der Waals surface area contributed by atoms with Gasteiger partial charge in [-0.3, -0.25) is 4.79 Å². The van der Waals surface area contributed by atoms with Crippen LogP contribution in [0.15, 0.2) is 42.5 Å². The number of esters is 1. The van der Waals surface area contributed by atoms with E-state index in [0.29, 0.717) is 11.4 Å². The second-order valence-electron chi connectivity index (χ2n) is 4.48. The van der Waals surface area contributed by atoms with E-state index in [1.54, 1.807) is 24.3 Å². The summed E-state index contributed by atoms with van der Waals surface area (Å²) in [5, 5.41) is 2.48. The molecule has 1 N–H and O–H groups in total. The number of anilines is 1. The summed E-state index contributed by atoms with van der Waals surface area (Å²) >= 11 is 5.75. The van der Waals surface area contributed by atoms with Crippen molar-refractivity contribution >= 4 is 29.2 Å². The third-order valence-electron chi connectivity index (χ3n) is 2.84. The lowest BCUT2D eigenvalue weighted by Gasteiger charge is -2.08. The van der Waals surface area contributed by atoms with Gasteiger partial charge in [0.1, 0.15) is 11.6 Å². The van der Waals surface area contributed by atoms with Crippen LogP contribution < -0.4 is 10.1 Å². The number of methoxy groups -OCH3 is 1. The number of benzene rings is 2. The zero-order valence-corrected chi connectivity index (χ0v) is 12.9. The minimum Gasteiger partial charge on any atom is -0.497 e. The molecule has 0 aliphatic heterocycles. The minimum atomic E-state index is -0.809. The van der Waals surface area contributed by atoms with E-state index in [-0.39, 0.29) is 10.6 Å². The van der Waals surface area contributed by atoms with Crippen LogP contribution >= 0.6 is 11.6 Å². The van der Waals surface area contributed by atoms with Crippen LogP contribution in [0.1, 0.15) is 10.4 Å². The first-order chi connectivity index (χ1) is 11.0. The van der Waals surface area contributed by atoms with E-state index in [1.807, 2.05) is 0 Å². The van der Waals surface area contributed by atoms with Crippen LogP contribution in [0.5, 0.6) is 5.75 Å². The van der Waals surface area contributed by atoms with Gasteiger partial charge in [-0.1, -0.05) is 17.7 Å². The summed E-state index contributed by atoms with van der Waals surface area (Å²) in [5.41, 5.74) is 0.493. The highest BCUT2D eigenvalue weighted by Gasteiger charge is 2.14. The first kappa shape index (κ1) is 16.8. The lowest BCUT2D eigenvalue weighted by atomic mass is 10.2. The summed E-state index contributed by atoms with van der Waals surface area (Å²) in [4.78, 5) is 23.6. The van der Waals surface area contributed by atoms with Crippen molar-refractivity contribution in [1.29, 1.82) is 0 Å². The maximum Gasteiger partial charge on any atom is 0.340 e. The van der Waals surface area contributed by atoms with Crippen molar-refractivity contribution in [1.82, 2.24) is 0 Å². The summed E-state index contributed by atoms with van der Waals surface area (Å²) in [5.74, 6) is -1.32. The third-order valence-corrected chi connectivity index (χ3v) is 3.15. The molecular formula is C16H13ClFNO4. The first-order valence-electron chi connectivity index (χ1n) is 6.55. The number of nitrogens with one attached hydrogen (secondary N) is 1. The molecule has 5 nitrogen and oxygen atoms in total. The highest BCUT2D eigenvalue weighted by Crippen LogP contribution is 2.19. The van der Waals surface area contributed by atoms with E-state index in [2.05, 4.69) is 5.32 Å². The predicted molar refractivity (Wildman–Crippen MR) is 83.3 cm³/mol. The zero-order chi connectivity index (χ0) is 16.8. The number of rotatable bonds is 5. The molecule has 2 aromatic carbocycles. The maximum atomic E-state index is 12.9. The van der Waals surface area contributed by atoms with Gasteiger partial charge in [0.25, 0.3) is 5.91 Å². The molecule has 23 heavy (non-hydrogen) atoms. The number of carbonyl (C=O) groups excluding carboxylic acids is 2. The molecule has 0 spiro atoms. The molecule has 0 aliphatic rings. The Labute approximate surface area is 137 Å². The first-order valence-corrected chi connectivity index (χ1v) is 6.93. The molecule has 0 bridgehead atoms. The maximum absolute atomic E-state index is 12.9. The Morgan fingerprint density at radius 3 is 2.70 bits per heavy atom. The molecule has 0 saturated carbocycles. The van der Waals surface area contributed by atoms with E-state index in [0.717, 1.165) is 12.1 Å². The molecule has 0 fully saturated rings. The molecule has 0 saturated heterocycles. The molecule has 2 aromatic rings. The van der Waals surface area contributed by atoms with Crippen LogP contribution in [-0.4, -0.2) is 25.6 Å². The zero-order valence-electron chi connectivity index (χ0n) is 12.1. The quantitative estimate of drug-likeness (QED) is 0.850.